The summed E-state index contributed by atoms with van der Waals surface area (Å²) in [6.45, 7) is 7.01. The Labute approximate surface area is 148 Å². The summed E-state index contributed by atoms with van der Waals surface area (Å²) in [5.41, 5.74) is -1.20. The highest BCUT2D eigenvalue weighted by Gasteiger charge is 2.56. The molecule has 0 bridgehead atoms. The summed E-state index contributed by atoms with van der Waals surface area (Å²) in [6, 6.07) is -0.313. The summed E-state index contributed by atoms with van der Waals surface area (Å²) >= 11 is 0. The van der Waals surface area contributed by atoms with Crippen LogP contribution in [0, 0.1) is 5.92 Å². The van der Waals surface area contributed by atoms with Crippen LogP contribution in [0.3, 0.4) is 0 Å². The number of amides is 2. The number of hydrogen-bond donors (Lipinski definition) is 1. The molecule has 0 radical (unpaired) electrons. The molecule has 5 nitrogen and oxygen atoms in total. The van der Waals surface area contributed by atoms with Crippen molar-refractivity contribution in [2.45, 2.75) is 50.9 Å². The minimum Gasteiger partial charge on any atom is -0.335 e. The van der Waals surface area contributed by atoms with E-state index in [0.29, 0.717) is 0 Å². The molecule has 2 aliphatic heterocycles. The average Bonchev–Trinajstić information content (AvgIpc) is 2.81. The zero-order valence-electron chi connectivity index (χ0n) is 15.7. The van der Waals surface area contributed by atoms with Crippen molar-refractivity contribution >= 4 is 6.03 Å². The number of nitrogens with one attached hydrogen (secondary N) is 1. The summed E-state index contributed by atoms with van der Waals surface area (Å²) in [7, 11) is 4.08. The lowest BCUT2D eigenvalue weighted by atomic mass is 9.88. The van der Waals surface area contributed by atoms with Crippen LogP contribution < -0.4 is 5.32 Å². The molecule has 0 aromatic carbocycles. The number of urea groups is 1. The molecule has 2 saturated heterocycles. The lowest BCUT2D eigenvalue weighted by Gasteiger charge is -2.38. The molecule has 2 rings (SSSR count). The molecule has 146 valence electrons. The van der Waals surface area contributed by atoms with Gasteiger partial charge in [0.1, 0.15) is 0 Å². The molecule has 1 unspecified atom stereocenters. The third kappa shape index (κ3) is 5.00. The van der Waals surface area contributed by atoms with Crippen molar-refractivity contribution in [2.75, 3.05) is 46.8 Å². The van der Waals surface area contributed by atoms with Gasteiger partial charge in [-0.1, -0.05) is 0 Å². The van der Waals surface area contributed by atoms with Gasteiger partial charge in [-0.2, -0.15) is 13.2 Å². The highest BCUT2D eigenvalue weighted by Crippen LogP contribution is 2.44. The fourth-order valence-corrected chi connectivity index (χ4v) is 3.91. The van der Waals surface area contributed by atoms with Crippen molar-refractivity contribution in [1.82, 2.24) is 20.0 Å². The Kier molecular flexibility index (Phi) is 6.25. The quantitative estimate of drug-likeness (QED) is 0.833. The largest absolute Gasteiger partial charge is 0.394 e. The normalized spacial score (nSPS) is 25.6. The summed E-state index contributed by atoms with van der Waals surface area (Å²) < 4.78 is 39.5. The molecule has 1 atom stereocenters. The number of alkyl halides is 3. The lowest BCUT2D eigenvalue weighted by molar-refractivity contribution is -0.189. The molecule has 2 amide bonds. The van der Waals surface area contributed by atoms with Gasteiger partial charge in [0.05, 0.1) is 11.5 Å². The number of piperidine rings is 1. The van der Waals surface area contributed by atoms with Gasteiger partial charge in [0.25, 0.3) is 0 Å². The fraction of sp³-hybridized carbons (Fsp3) is 0.941. The summed E-state index contributed by atoms with van der Waals surface area (Å²) in [5, 5.41) is 2.96. The monoisotopic (exact) mass is 364 g/mol. The summed E-state index contributed by atoms with van der Waals surface area (Å²) in [6.07, 6.45) is -2.60. The molecule has 0 aromatic heterocycles. The number of halogens is 3. The van der Waals surface area contributed by atoms with Crippen LogP contribution in [-0.4, -0.2) is 85.3 Å². The first-order chi connectivity index (χ1) is 11.5. The number of likely N-dealkylation sites (N-methyl/N-ethyl adjacent to an activating group) is 1. The molecule has 2 heterocycles. The predicted molar refractivity (Wildman–Crippen MR) is 91.5 cm³/mol. The number of carbonyl (C=O) groups excluding carboxylic acids is 1. The SMILES string of the molecule is CN(C)CCN1CCC(NC(=O)N2CCC(C(F)(F)F)C2(C)C)CC1. The molecular weight excluding hydrogens is 333 g/mol. The summed E-state index contributed by atoms with van der Waals surface area (Å²) in [4.78, 5) is 18.4. The number of carbonyl (C=O) groups is 1. The molecular formula is C17H31F3N4O. The summed E-state index contributed by atoms with van der Waals surface area (Å²) in [5.74, 6) is -1.46. The smallest absolute Gasteiger partial charge is 0.335 e. The third-order valence-electron chi connectivity index (χ3n) is 5.61. The van der Waals surface area contributed by atoms with Gasteiger partial charge in [-0.3, -0.25) is 0 Å². The van der Waals surface area contributed by atoms with E-state index in [-0.39, 0.29) is 25.0 Å². The van der Waals surface area contributed by atoms with E-state index in [9.17, 15) is 18.0 Å². The number of nitrogens with zero attached hydrogens (tertiary/aromatic N) is 3. The Morgan fingerprint density at radius 2 is 1.76 bits per heavy atom. The van der Waals surface area contributed by atoms with E-state index in [1.54, 1.807) is 0 Å². The molecule has 0 saturated carbocycles. The lowest BCUT2D eigenvalue weighted by Crippen LogP contribution is -2.55. The topological polar surface area (TPSA) is 38.8 Å². The van der Waals surface area contributed by atoms with E-state index in [0.717, 1.165) is 39.0 Å². The fourth-order valence-electron chi connectivity index (χ4n) is 3.91. The van der Waals surface area contributed by atoms with Crippen LogP contribution in [-0.2, 0) is 0 Å². The molecule has 2 fully saturated rings. The minimum absolute atomic E-state index is 0.0209. The van der Waals surface area contributed by atoms with Gasteiger partial charge in [-0.15, -0.1) is 0 Å². The van der Waals surface area contributed by atoms with Crippen LogP contribution >= 0.6 is 0 Å². The number of likely N-dealkylation sites (tertiary alicyclic amines) is 2. The van der Waals surface area contributed by atoms with Gasteiger partial charge < -0.3 is 20.0 Å². The molecule has 0 aliphatic carbocycles. The van der Waals surface area contributed by atoms with Gasteiger partial charge in [0.15, 0.2) is 0 Å². The van der Waals surface area contributed by atoms with Gasteiger partial charge in [-0.05, 0) is 47.2 Å². The molecule has 0 aromatic rings. The van der Waals surface area contributed by atoms with Crippen molar-refractivity contribution in [1.29, 1.82) is 0 Å². The molecule has 1 N–H and O–H groups in total. The maximum Gasteiger partial charge on any atom is 0.394 e. The predicted octanol–water partition coefficient (Wildman–Crippen LogP) is 2.38. The third-order valence-corrected chi connectivity index (χ3v) is 5.61. The van der Waals surface area contributed by atoms with Crippen molar-refractivity contribution in [3.63, 3.8) is 0 Å². The van der Waals surface area contributed by atoms with Crippen LogP contribution in [0.2, 0.25) is 0 Å². The standard InChI is InChI=1S/C17H31F3N4O/c1-16(2)14(17(18,19)20)7-10-24(16)15(25)21-13-5-8-23(9-6-13)12-11-22(3)4/h13-14H,5-12H2,1-4H3,(H,21,25). The Hall–Kier alpha value is -1.02. The van der Waals surface area contributed by atoms with Crippen molar-refractivity contribution in [3.05, 3.63) is 0 Å². The van der Waals surface area contributed by atoms with Gasteiger partial charge >= 0.3 is 12.2 Å². The number of rotatable bonds is 4. The maximum absolute atomic E-state index is 13.2. The maximum atomic E-state index is 13.2. The van der Waals surface area contributed by atoms with Gasteiger partial charge in [-0.25, -0.2) is 4.79 Å². The van der Waals surface area contributed by atoms with Crippen molar-refractivity contribution in [2.24, 2.45) is 5.92 Å². The Bertz CT molecular complexity index is 459. The van der Waals surface area contributed by atoms with E-state index in [2.05, 4.69) is 15.1 Å². The van der Waals surface area contributed by atoms with Crippen molar-refractivity contribution < 1.29 is 18.0 Å². The van der Waals surface area contributed by atoms with E-state index in [4.69, 9.17) is 0 Å². The Morgan fingerprint density at radius 3 is 2.24 bits per heavy atom. The van der Waals surface area contributed by atoms with Crippen molar-refractivity contribution in [3.8, 4) is 0 Å². The van der Waals surface area contributed by atoms with Crippen LogP contribution in [0.4, 0.5) is 18.0 Å². The zero-order chi connectivity index (χ0) is 18.8. The first-order valence-electron chi connectivity index (χ1n) is 9.03. The van der Waals surface area contributed by atoms with E-state index in [1.165, 1.54) is 18.7 Å². The van der Waals surface area contributed by atoms with E-state index < -0.39 is 17.6 Å². The zero-order valence-corrected chi connectivity index (χ0v) is 15.7. The minimum atomic E-state index is -4.27. The van der Waals surface area contributed by atoms with Crippen LogP contribution in [0.5, 0.6) is 0 Å². The van der Waals surface area contributed by atoms with Crippen LogP contribution in [0.25, 0.3) is 0 Å². The Balaban J connectivity index is 1.83. The molecule has 2 aliphatic rings. The second-order valence-corrected chi connectivity index (χ2v) is 8.06. The molecule has 25 heavy (non-hydrogen) atoms. The average molecular weight is 364 g/mol. The first kappa shape index (κ1) is 20.3. The Morgan fingerprint density at radius 1 is 1.16 bits per heavy atom. The van der Waals surface area contributed by atoms with Gasteiger partial charge in [0, 0.05) is 38.8 Å². The van der Waals surface area contributed by atoms with Gasteiger partial charge in [0.2, 0.25) is 0 Å². The second kappa shape index (κ2) is 7.70. The first-order valence-corrected chi connectivity index (χ1v) is 9.03. The van der Waals surface area contributed by atoms with Crippen LogP contribution in [0.1, 0.15) is 33.1 Å². The highest BCUT2D eigenvalue weighted by atomic mass is 19.4. The number of hydrogen-bond acceptors (Lipinski definition) is 3. The highest BCUT2D eigenvalue weighted by molar-refractivity contribution is 5.76. The second-order valence-electron chi connectivity index (χ2n) is 8.06. The van der Waals surface area contributed by atoms with E-state index in [1.807, 2.05) is 14.1 Å². The molecule has 0 spiro atoms. The van der Waals surface area contributed by atoms with E-state index >= 15 is 0 Å². The molecule has 8 heteroatoms. The van der Waals surface area contributed by atoms with Crippen LogP contribution in [0.15, 0.2) is 0 Å².